The van der Waals surface area contributed by atoms with Gasteiger partial charge < -0.3 is 19.4 Å². The summed E-state index contributed by atoms with van der Waals surface area (Å²) in [4.78, 5) is 17.2. The third-order valence-electron chi connectivity index (χ3n) is 6.79. The Kier molecular flexibility index (Phi) is 9.88. The highest BCUT2D eigenvalue weighted by Gasteiger charge is 2.11. The summed E-state index contributed by atoms with van der Waals surface area (Å²) in [7, 11) is 0. The van der Waals surface area contributed by atoms with E-state index in [1.807, 2.05) is 64.1 Å². The van der Waals surface area contributed by atoms with Crippen LogP contribution >= 0.6 is 11.6 Å². The molecular formula is C32H38ClN3O3. The monoisotopic (exact) mass is 547 g/mol. The summed E-state index contributed by atoms with van der Waals surface area (Å²) in [5.74, 6) is 2.55. The number of imidazole rings is 1. The predicted octanol–water partition coefficient (Wildman–Crippen LogP) is 6.91. The van der Waals surface area contributed by atoms with Gasteiger partial charge in [0.1, 0.15) is 17.3 Å². The van der Waals surface area contributed by atoms with Crippen molar-refractivity contribution in [2.45, 2.75) is 59.9 Å². The van der Waals surface area contributed by atoms with Crippen LogP contribution in [-0.4, -0.2) is 35.2 Å². The summed E-state index contributed by atoms with van der Waals surface area (Å²) in [6.07, 6.45) is 3.50. The van der Waals surface area contributed by atoms with Crippen molar-refractivity contribution in [2.24, 2.45) is 0 Å². The SMILES string of the molecule is Cc1ccc(C)c(OCC(=O)NCCCc2nc3ccccc3n2CCCCOc2cc(C)c(Cl)c(C)c2)c1. The van der Waals surface area contributed by atoms with Crippen molar-refractivity contribution in [1.82, 2.24) is 14.9 Å². The molecule has 1 aromatic heterocycles. The maximum absolute atomic E-state index is 12.3. The van der Waals surface area contributed by atoms with Gasteiger partial charge in [0.05, 0.1) is 17.6 Å². The number of carbonyl (C=O) groups excluding carboxylic acids is 1. The number of aromatic nitrogens is 2. The van der Waals surface area contributed by atoms with Crippen LogP contribution in [0.1, 0.15) is 47.3 Å². The molecule has 0 atom stereocenters. The highest BCUT2D eigenvalue weighted by Crippen LogP contribution is 2.26. The van der Waals surface area contributed by atoms with E-state index in [-0.39, 0.29) is 12.5 Å². The quantitative estimate of drug-likeness (QED) is 0.185. The molecule has 0 unspecified atom stereocenters. The molecule has 0 saturated heterocycles. The number of ether oxygens (including phenoxy) is 2. The van der Waals surface area contributed by atoms with Crippen LogP contribution < -0.4 is 14.8 Å². The van der Waals surface area contributed by atoms with Gasteiger partial charge in [-0.2, -0.15) is 0 Å². The van der Waals surface area contributed by atoms with Gasteiger partial charge in [0, 0.05) is 24.5 Å². The number of nitrogens with one attached hydrogen (secondary N) is 1. The Morgan fingerprint density at radius 3 is 2.49 bits per heavy atom. The maximum Gasteiger partial charge on any atom is 0.257 e. The average Bonchev–Trinajstić information content (AvgIpc) is 3.27. The highest BCUT2D eigenvalue weighted by atomic mass is 35.5. The first-order valence-electron chi connectivity index (χ1n) is 13.6. The van der Waals surface area contributed by atoms with Gasteiger partial charge in [-0.1, -0.05) is 35.9 Å². The number of carbonyl (C=O) groups is 1. The molecule has 7 heteroatoms. The average molecular weight is 548 g/mol. The van der Waals surface area contributed by atoms with Gasteiger partial charge in [-0.3, -0.25) is 4.79 Å². The molecule has 206 valence electrons. The van der Waals surface area contributed by atoms with Crippen molar-refractivity contribution in [3.63, 3.8) is 0 Å². The number of aryl methyl sites for hydroxylation is 6. The van der Waals surface area contributed by atoms with Crippen LogP contribution in [0.15, 0.2) is 54.6 Å². The summed E-state index contributed by atoms with van der Waals surface area (Å²) in [5.41, 5.74) is 6.34. The summed E-state index contributed by atoms with van der Waals surface area (Å²) < 4.78 is 14.0. The van der Waals surface area contributed by atoms with Crippen molar-refractivity contribution in [1.29, 1.82) is 0 Å². The Bertz CT molecular complexity index is 1410. The number of unbranched alkanes of at least 4 members (excludes halogenated alkanes) is 1. The fourth-order valence-electron chi connectivity index (χ4n) is 4.65. The van der Waals surface area contributed by atoms with E-state index in [2.05, 4.69) is 28.1 Å². The summed E-state index contributed by atoms with van der Waals surface area (Å²) in [6, 6.07) is 18.2. The van der Waals surface area contributed by atoms with Crippen molar-refractivity contribution in [3.05, 3.63) is 87.7 Å². The lowest BCUT2D eigenvalue weighted by Gasteiger charge is -2.12. The van der Waals surface area contributed by atoms with Gasteiger partial charge in [0.15, 0.2) is 6.61 Å². The number of hydrogen-bond donors (Lipinski definition) is 1. The molecule has 1 heterocycles. The minimum Gasteiger partial charge on any atom is -0.494 e. The minimum atomic E-state index is -0.115. The zero-order valence-corrected chi connectivity index (χ0v) is 24.1. The van der Waals surface area contributed by atoms with E-state index in [0.717, 1.165) is 87.9 Å². The van der Waals surface area contributed by atoms with Gasteiger partial charge in [-0.05, 0) is 99.5 Å². The zero-order valence-electron chi connectivity index (χ0n) is 23.4. The number of fused-ring (bicyclic) bond motifs is 1. The van der Waals surface area contributed by atoms with Crippen LogP contribution in [0.4, 0.5) is 0 Å². The first-order valence-corrected chi connectivity index (χ1v) is 14.0. The molecule has 4 rings (SSSR count). The molecule has 0 saturated carbocycles. The van der Waals surface area contributed by atoms with Crippen LogP contribution in [0, 0.1) is 27.7 Å². The number of para-hydroxylation sites is 2. The van der Waals surface area contributed by atoms with Crippen molar-refractivity contribution >= 4 is 28.5 Å². The minimum absolute atomic E-state index is 0.0139. The summed E-state index contributed by atoms with van der Waals surface area (Å²) >= 11 is 6.27. The molecule has 0 radical (unpaired) electrons. The molecule has 39 heavy (non-hydrogen) atoms. The van der Waals surface area contributed by atoms with E-state index in [4.69, 9.17) is 26.1 Å². The van der Waals surface area contributed by atoms with Crippen molar-refractivity contribution < 1.29 is 14.3 Å². The maximum atomic E-state index is 12.3. The summed E-state index contributed by atoms with van der Waals surface area (Å²) in [5, 5.41) is 3.77. The number of nitrogens with zero attached hydrogens (tertiary/aromatic N) is 2. The molecule has 0 bridgehead atoms. The van der Waals surface area contributed by atoms with Crippen LogP contribution in [0.25, 0.3) is 11.0 Å². The van der Waals surface area contributed by atoms with Crippen LogP contribution in [-0.2, 0) is 17.8 Å². The topological polar surface area (TPSA) is 65.4 Å². The van der Waals surface area contributed by atoms with E-state index in [9.17, 15) is 4.79 Å². The van der Waals surface area contributed by atoms with Crippen molar-refractivity contribution in [3.8, 4) is 11.5 Å². The van der Waals surface area contributed by atoms with Gasteiger partial charge in [-0.15, -0.1) is 0 Å². The Labute approximate surface area is 236 Å². The number of halogens is 1. The van der Waals surface area contributed by atoms with E-state index in [1.54, 1.807) is 0 Å². The molecular weight excluding hydrogens is 510 g/mol. The fourth-order valence-corrected chi connectivity index (χ4v) is 4.76. The van der Waals surface area contributed by atoms with Gasteiger partial charge in [0.2, 0.25) is 0 Å². The lowest BCUT2D eigenvalue weighted by Crippen LogP contribution is -2.30. The number of rotatable bonds is 13. The van der Waals surface area contributed by atoms with E-state index < -0.39 is 0 Å². The second-order valence-corrected chi connectivity index (χ2v) is 10.5. The van der Waals surface area contributed by atoms with Crippen LogP contribution in [0.5, 0.6) is 11.5 Å². The lowest BCUT2D eigenvalue weighted by molar-refractivity contribution is -0.123. The van der Waals surface area contributed by atoms with E-state index >= 15 is 0 Å². The fraction of sp³-hybridized carbons (Fsp3) is 0.375. The largest absolute Gasteiger partial charge is 0.494 e. The molecule has 0 fully saturated rings. The molecule has 0 aliphatic rings. The smallest absolute Gasteiger partial charge is 0.257 e. The van der Waals surface area contributed by atoms with Gasteiger partial charge >= 0.3 is 0 Å². The number of amides is 1. The molecule has 3 aromatic carbocycles. The first kappa shape index (κ1) is 28.5. The van der Waals surface area contributed by atoms with Crippen molar-refractivity contribution in [2.75, 3.05) is 19.8 Å². The number of hydrogen-bond acceptors (Lipinski definition) is 4. The zero-order chi connectivity index (χ0) is 27.8. The highest BCUT2D eigenvalue weighted by molar-refractivity contribution is 6.32. The Hall–Kier alpha value is -3.51. The van der Waals surface area contributed by atoms with Crippen LogP contribution in [0.2, 0.25) is 5.02 Å². The normalized spacial score (nSPS) is 11.1. The standard InChI is InChI=1S/C32H38ClN3O3/c1-22-13-14-23(2)29(18-22)39-21-31(37)34-15-9-12-30-35-27-10-5-6-11-28(27)36(30)16-7-8-17-38-26-19-24(3)32(33)25(4)20-26/h5-6,10-11,13-14,18-20H,7-9,12,15-17,21H2,1-4H3,(H,34,37). The molecule has 1 amide bonds. The summed E-state index contributed by atoms with van der Waals surface area (Å²) in [6.45, 7) is 10.1. The molecule has 0 spiro atoms. The molecule has 0 aliphatic carbocycles. The lowest BCUT2D eigenvalue weighted by atomic mass is 10.1. The Morgan fingerprint density at radius 1 is 0.923 bits per heavy atom. The molecule has 6 nitrogen and oxygen atoms in total. The molecule has 1 N–H and O–H groups in total. The second kappa shape index (κ2) is 13.5. The number of benzene rings is 3. The van der Waals surface area contributed by atoms with Crippen LogP contribution in [0.3, 0.4) is 0 Å². The third kappa shape index (κ3) is 7.76. The van der Waals surface area contributed by atoms with Gasteiger partial charge in [0.25, 0.3) is 5.91 Å². The predicted molar refractivity (Wildman–Crippen MR) is 158 cm³/mol. The van der Waals surface area contributed by atoms with E-state index in [0.29, 0.717) is 13.2 Å². The second-order valence-electron chi connectivity index (χ2n) is 10.1. The third-order valence-corrected chi connectivity index (χ3v) is 7.39. The van der Waals surface area contributed by atoms with E-state index in [1.165, 1.54) is 0 Å². The Morgan fingerprint density at radius 2 is 1.69 bits per heavy atom. The van der Waals surface area contributed by atoms with Gasteiger partial charge in [-0.25, -0.2) is 4.98 Å². The molecule has 0 aliphatic heterocycles. The Balaban J connectivity index is 1.24. The molecule has 4 aromatic rings. The first-order chi connectivity index (χ1) is 18.8.